The zero-order valence-electron chi connectivity index (χ0n) is 9.89. The Hall–Kier alpha value is -1.07. The number of nitrogens with zero attached hydrogens (tertiary/aromatic N) is 1. The number of hydrogen-bond acceptors (Lipinski definition) is 4. The van der Waals surface area contributed by atoms with Crippen molar-refractivity contribution in [2.45, 2.75) is 26.8 Å². The first-order chi connectivity index (χ1) is 7.99. The molecule has 0 unspecified atom stereocenters. The number of hydrogen-bond donors (Lipinski definition) is 0. The summed E-state index contributed by atoms with van der Waals surface area (Å²) < 4.78 is 6.03. The van der Waals surface area contributed by atoms with Crippen molar-refractivity contribution in [2.24, 2.45) is 0 Å². The van der Waals surface area contributed by atoms with Gasteiger partial charge < -0.3 is 4.42 Å². The second kappa shape index (κ2) is 4.66. The Kier molecular flexibility index (Phi) is 3.40. The van der Waals surface area contributed by atoms with Crippen LogP contribution < -0.4 is 0 Å². The largest absolute Gasteiger partial charge is 0.462 e. The molecule has 0 bridgehead atoms. The van der Waals surface area contributed by atoms with E-state index in [1.54, 1.807) is 11.0 Å². The molecule has 1 aromatic rings. The Morgan fingerprint density at radius 1 is 1.47 bits per heavy atom. The Labute approximate surface area is 110 Å². The van der Waals surface area contributed by atoms with Gasteiger partial charge in [-0.05, 0) is 32.9 Å². The molecular formula is C12H13NO2S2. The zero-order valence-corrected chi connectivity index (χ0v) is 11.5. The summed E-state index contributed by atoms with van der Waals surface area (Å²) in [4.78, 5) is 14.3. The minimum atomic E-state index is -0.0379. The average molecular weight is 267 g/mol. The maximum absolute atomic E-state index is 12.1. The molecule has 1 amide bonds. The van der Waals surface area contributed by atoms with Crippen LogP contribution in [0.4, 0.5) is 0 Å². The fourth-order valence-corrected chi connectivity index (χ4v) is 3.09. The second-order valence-corrected chi connectivity index (χ2v) is 5.77. The van der Waals surface area contributed by atoms with Gasteiger partial charge in [0.15, 0.2) is 0 Å². The number of amides is 1. The quantitative estimate of drug-likeness (QED) is 0.608. The van der Waals surface area contributed by atoms with E-state index in [2.05, 4.69) is 0 Å². The van der Waals surface area contributed by atoms with Gasteiger partial charge in [-0.15, -0.1) is 0 Å². The van der Waals surface area contributed by atoms with E-state index in [1.807, 2.05) is 32.9 Å². The molecule has 0 atom stereocenters. The predicted molar refractivity (Wildman–Crippen MR) is 73.6 cm³/mol. The lowest BCUT2D eigenvalue weighted by molar-refractivity contribution is -0.123. The third-order valence-electron chi connectivity index (χ3n) is 2.37. The topological polar surface area (TPSA) is 33.5 Å². The molecular weight excluding hydrogens is 254 g/mol. The van der Waals surface area contributed by atoms with Crippen LogP contribution in [0.1, 0.15) is 25.4 Å². The molecule has 0 radical (unpaired) electrons. The van der Waals surface area contributed by atoms with Gasteiger partial charge >= 0.3 is 0 Å². The summed E-state index contributed by atoms with van der Waals surface area (Å²) >= 11 is 6.51. The number of carbonyl (C=O) groups excluding carboxylic acids is 1. The molecule has 1 fully saturated rings. The highest BCUT2D eigenvalue weighted by Crippen LogP contribution is 2.33. The Bertz CT molecular complexity index is 502. The number of aryl methyl sites for hydroxylation is 1. The van der Waals surface area contributed by atoms with Crippen LogP contribution >= 0.6 is 24.0 Å². The fourth-order valence-electron chi connectivity index (χ4n) is 1.59. The Balaban J connectivity index is 2.28. The minimum Gasteiger partial charge on any atom is -0.462 e. The lowest BCUT2D eigenvalue weighted by Gasteiger charge is -2.18. The van der Waals surface area contributed by atoms with E-state index in [1.165, 1.54) is 11.8 Å². The van der Waals surface area contributed by atoms with Gasteiger partial charge in [-0.25, -0.2) is 0 Å². The normalized spacial score (nSPS) is 18.8. The first-order valence-electron chi connectivity index (χ1n) is 5.32. The smallest absolute Gasteiger partial charge is 0.266 e. The summed E-state index contributed by atoms with van der Waals surface area (Å²) in [6, 6.07) is 3.80. The number of thioether (sulfide) groups is 1. The van der Waals surface area contributed by atoms with Crippen LogP contribution in [-0.2, 0) is 4.79 Å². The molecule has 1 saturated heterocycles. The highest BCUT2D eigenvalue weighted by Gasteiger charge is 2.33. The lowest BCUT2D eigenvalue weighted by atomic mass is 10.3. The van der Waals surface area contributed by atoms with E-state index in [9.17, 15) is 4.79 Å². The van der Waals surface area contributed by atoms with Crippen LogP contribution in [-0.4, -0.2) is 21.2 Å². The molecule has 0 aliphatic carbocycles. The fraction of sp³-hybridized carbons (Fsp3) is 0.333. The highest BCUT2D eigenvalue weighted by atomic mass is 32.2. The van der Waals surface area contributed by atoms with E-state index in [4.69, 9.17) is 16.6 Å². The van der Waals surface area contributed by atoms with Gasteiger partial charge in [-0.3, -0.25) is 9.69 Å². The van der Waals surface area contributed by atoms with Gasteiger partial charge in [0, 0.05) is 12.1 Å². The minimum absolute atomic E-state index is 0.0379. The summed E-state index contributed by atoms with van der Waals surface area (Å²) in [5.41, 5.74) is 0. The van der Waals surface area contributed by atoms with Crippen molar-refractivity contribution in [3.8, 4) is 0 Å². The van der Waals surface area contributed by atoms with Crippen LogP contribution in [0.5, 0.6) is 0 Å². The van der Waals surface area contributed by atoms with Crippen molar-refractivity contribution < 1.29 is 9.21 Å². The molecule has 2 rings (SSSR count). The standard InChI is InChI=1S/C12H13NO2S2/c1-7(2)13-11(14)10(17-12(13)16)6-9-5-4-8(3)15-9/h4-7H,1-3H3/b10-6-. The van der Waals surface area contributed by atoms with Crippen molar-refractivity contribution in [3.63, 3.8) is 0 Å². The average Bonchev–Trinajstić information content (AvgIpc) is 2.73. The summed E-state index contributed by atoms with van der Waals surface area (Å²) in [6.07, 6.45) is 1.74. The van der Waals surface area contributed by atoms with Gasteiger partial charge in [0.25, 0.3) is 5.91 Å². The molecule has 1 aromatic heterocycles. The van der Waals surface area contributed by atoms with Crippen LogP contribution in [0.2, 0.25) is 0 Å². The predicted octanol–water partition coefficient (Wildman–Crippen LogP) is 3.20. The molecule has 0 saturated carbocycles. The third-order valence-corrected chi connectivity index (χ3v) is 3.70. The Morgan fingerprint density at radius 2 is 2.18 bits per heavy atom. The molecule has 0 N–H and O–H groups in total. The molecule has 1 aliphatic heterocycles. The van der Waals surface area contributed by atoms with Crippen LogP contribution in [0.25, 0.3) is 6.08 Å². The zero-order chi connectivity index (χ0) is 12.6. The van der Waals surface area contributed by atoms with E-state index in [0.717, 1.165) is 5.76 Å². The van der Waals surface area contributed by atoms with Crippen molar-refractivity contribution in [3.05, 3.63) is 28.6 Å². The maximum atomic E-state index is 12.1. The summed E-state index contributed by atoms with van der Waals surface area (Å²) in [5, 5.41) is 0. The van der Waals surface area contributed by atoms with Crippen molar-refractivity contribution in [2.75, 3.05) is 0 Å². The van der Waals surface area contributed by atoms with Gasteiger partial charge in [-0.2, -0.15) is 0 Å². The van der Waals surface area contributed by atoms with Crippen LogP contribution in [0, 0.1) is 6.92 Å². The number of carbonyl (C=O) groups is 1. The monoisotopic (exact) mass is 267 g/mol. The molecule has 1 aliphatic rings. The number of furan rings is 1. The van der Waals surface area contributed by atoms with Crippen LogP contribution in [0.15, 0.2) is 21.5 Å². The van der Waals surface area contributed by atoms with E-state index in [-0.39, 0.29) is 11.9 Å². The van der Waals surface area contributed by atoms with E-state index in [0.29, 0.717) is 15.0 Å². The van der Waals surface area contributed by atoms with Crippen molar-refractivity contribution in [1.82, 2.24) is 4.90 Å². The molecule has 2 heterocycles. The molecule has 0 spiro atoms. The third kappa shape index (κ3) is 2.45. The number of thiocarbonyl (C=S) groups is 1. The Morgan fingerprint density at radius 3 is 2.65 bits per heavy atom. The maximum Gasteiger partial charge on any atom is 0.266 e. The summed E-state index contributed by atoms with van der Waals surface area (Å²) in [5.74, 6) is 1.48. The first kappa shape index (κ1) is 12.4. The van der Waals surface area contributed by atoms with Gasteiger partial charge in [0.2, 0.25) is 0 Å². The van der Waals surface area contributed by atoms with E-state index < -0.39 is 0 Å². The molecule has 0 aromatic carbocycles. The van der Waals surface area contributed by atoms with Crippen molar-refractivity contribution in [1.29, 1.82) is 0 Å². The summed E-state index contributed by atoms with van der Waals surface area (Å²) in [6.45, 7) is 5.77. The van der Waals surface area contributed by atoms with Gasteiger partial charge in [0.05, 0.1) is 4.91 Å². The second-order valence-electron chi connectivity index (χ2n) is 4.09. The first-order valence-corrected chi connectivity index (χ1v) is 6.55. The molecule has 5 heteroatoms. The van der Waals surface area contributed by atoms with E-state index >= 15 is 0 Å². The highest BCUT2D eigenvalue weighted by molar-refractivity contribution is 8.26. The SMILES string of the molecule is Cc1ccc(/C=C2\SC(=S)N(C(C)C)C2=O)o1. The van der Waals surface area contributed by atoms with Gasteiger partial charge in [0.1, 0.15) is 15.8 Å². The van der Waals surface area contributed by atoms with Gasteiger partial charge in [-0.1, -0.05) is 24.0 Å². The molecule has 3 nitrogen and oxygen atoms in total. The lowest BCUT2D eigenvalue weighted by Crippen LogP contribution is -2.34. The van der Waals surface area contributed by atoms with Crippen molar-refractivity contribution >= 4 is 40.3 Å². The molecule has 17 heavy (non-hydrogen) atoms. The summed E-state index contributed by atoms with van der Waals surface area (Å²) in [7, 11) is 0. The number of rotatable bonds is 2. The van der Waals surface area contributed by atoms with Crippen LogP contribution in [0.3, 0.4) is 0 Å². The molecule has 90 valence electrons.